The van der Waals surface area contributed by atoms with Crippen molar-refractivity contribution in [1.29, 1.82) is 0 Å². The number of hydrogen-bond donors (Lipinski definition) is 0. The second kappa shape index (κ2) is 6.19. The maximum atomic E-state index is 12.7. The molecule has 0 unspecified atom stereocenters. The zero-order valence-electron chi connectivity index (χ0n) is 13.8. The minimum Gasteiger partial charge on any atom is -0.384 e. The lowest BCUT2D eigenvalue weighted by molar-refractivity contribution is -0.139. The van der Waals surface area contributed by atoms with E-state index in [-0.39, 0.29) is 17.2 Å². The molecule has 2 saturated heterocycles. The summed E-state index contributed by atoms with van der Waals surface area (Å²) in [5.41, 5.74) is 0.0485. The molecule has 1 saturated carbocycles. The summed E-state index contributed by atoms with van der Waals surface area (Å²) in [6, 6.07) is 0. The van der Waals surface area contributed by atoms with Crippen molar-refractivity contribution >= 4 is 11.8 Å². The van der Waals surface area contributed by atoms with Crippen LogP contribution in [0.2, 0.25) is 0 Å². The Balaban J connectivity index is 1.70. The quantitative estimate of drug-likeness (QED) is 0.794. The Morgan fingerprint density at radius 2 is 1.86 bits per heavy atom. The summed E-state index contributed by atoms with van der Waals surface area (Å²) in [7, 11) is 1.73. The van der Waals surface area contributed by atoms with Gasteiger partial charge in [-0.05, 0) is 19.3 Å². The van der Waals surface area contributed by atoms with Crippen LogP contribution in [0.4, 0.5) is 0 Å². The molecular formula is C17H28N2O3. The van der Waals surface area contributed by atoms with Crippen molar-refractivity contribution in [1.82, 2.24) is 9.80 Å². The van der Waals surface area contributed by atoms with Crippen LogP contribution >= 0.6 is 0 Å². The molecule has 2 heterocycles. The number of rotatable bonds is 3. The van der Waals surface area contributed by atoms with Gasteiger partial charge in [0.05, 0.1) is 6.61 Å². The van der Waals surface area contributed by atoms with Crippen molar-refractivity contribution in [3.05, 3.63) is 0 Å². The predicted molar refractivity (Wildman–Crippen MR) is 83.2 cm³/mol. The van der Waals surface area contributed by atoms with Crippen molar-refractivity contribution in [2.24, 2.45) is 17.3 Å². The molecule has 0 aromatic heterocycles. The molecule has 2 aliphatic heterocycles. The first kappa shape index (κ1) is 15.8. The first-order chi connectivity index (χ1) is 10.6. The van der Waals surface area contributed by atoms with Gasteiger partial charge in [-0.3, -0.25) is 9.59 Å². The van der Waals surface area contributed by atoms with Crippen molar-refractivity contribution < 1.29 is 14.3 Å². The summed E-state index contributed by atoms with van der Waals surface area (Å²) in [5.74, 6) is 1.10. The van der Waals surface area contributed by atoms with Crippen LogP contribution in [-0.2, 0) is 14.3 Å². The smallest absolute Gasteiger partial charge is 0.225 e. The van der Waals surface area contributed by atoms with Crippen LogP contribution < -0.4 is 0 Å². The summed E-state index contributed by atoms with van der Waals surface area (Å²) in [5, 5.41) is 0. The summed E-state index contributed by atoms with van der Waals surface area (Å²) in [4.78, 5) is 28.5. The number of piperidine rings is 1. The lowest BCUT2D eigenvalue weighted by atomic mass is 9.73. The van der Waals surface area contributed by atoms with E-state index < -0.39 is 0 Å². The van der Waals surface area contributed by atoms with Gasteiger partial charge in [0.2, 0.25) is 11.8 Å². The van der Waals surface area contributed by atoms with Crippen LogP contribution in [0.3, 0.4) is 0 Å². The molecule has 3 rings (SSSR count). The van der Waals surface area contributed by atoms with E-state index in [1.54, 1.807) is 14.0 Å². The van der Waals surface area contributed by atoms with Crippen LogP contribution in [0.25, 0.3) is 0 Å². The highest BCUT2D eigenvalue weighted by Gasteiger charge is 2.51. The van der Waals surface area contributed by atoms with E-state index in [1.165, 1.54) is 12.8 Å². The highest BCUT2D eigenvalue weighted by Crippen LogP contribution is 2.43. The second-order valence-corrected chi connectivity index (χ2v) is 7.41. The molecule has 5 nitrogen and oxygen atoms in total. The van der Waals surface area contributed by atoms with Gasteiger partial charge in [-0.2, -0.15) is 0 Å². The van der Waals surface area contributed by atoms with Gasteiger partial charge >= 0.3 is 0 Å². The monoisotopic (exact) mass is 308 g/mol. The van der Waals surface area contributed by atoms with E-state index in [1.807, 2.05) is 4.90 Å². The largest absolute Gasteiger partial charge is 0.384 e. The topological polar surface area (TPSA) is 49.9 Å². The summed E-state index contributed by atoms with van der Waals surface area (Å²) in [6.45, 7) is 5.50. The van der Waals surface area contributed by atoms with Crippen molar-refractivity contribution in [2.75, 3.05) is 39.9 Å². The zero-order valence-corrected chi connectivity index (χ0v) is 13.8. The molecule has 0 bridgehead atoms. The minimum atomic E-state index is 0.0485. The van der Waals surface area contributed by atoms with Crippen molar-refractivity contribution in [3.63, 3.8) is 0 Å². The molecule has 0 aromatic rings. The highest BCUT2D eigenvalue weighted by molar-refractivity contribution is 5.79. The maximum absolute atomic E-state index is 12.7. The van der Waals surface area contributed by atoms with Crippen molar-refractivity contribution in [2.45, 2.75) is 39.0 Å². The molecule has 3 fully saturated rings. The molecule has 2 atom stereocenters. The number of hydrogen-bond acceptors (Lipinski definition) is 3. The van der Waals surface area contributed by atoms with Gasteiger partial charge in [0.15, 0.2) is 0 Å². The van der Waals surface area contributed by atoms with Crippen molar-refractivity contribution in [3.8, 4) is 0 Å². The Hall–Kier alpha value is -1.10. The third-order valence-electron chi connectivity index (χ3n) is 6.03. The first-order valence-electron chi connectivity index (χ1n) is 8.59. The molecule has 2 amide bonds. The Morgan fingerprint density at radius 3 is 2.50 bits per heavy atom. The average molecular weight is 308 g/mol. The van der Waals surface area contributed by atoms with E-state index in [2.05, 4.69) is 4.90 Å². The molecule has 0 radical (unpaired) electrons. The number of carbonyl (C=O) groups excluding carboxylic acids is 2. The van der Waals surface area contributed by atoms with Crippen LogP contribution in [-0.4, -0.2) is 61.5 Å². The van der Waals surface area contributed by atoms with Crippen LogP contribution in [0.1, 0.15) is 39.0 Å². The van der Waals surface area contributed by atoms with Gasteiger partial charge in [-0.25, -0.2) is 0 Å². The Kier molecular flexibility index (Phi) is 4.44. The fourth-order valence-electron chi connectivity index (χ4n) is 4.68. The molecule has 0 N–H and O–H groups in total. The average Bonchev–Trinajstić information content (AvgIpc) is 3.13. The van der Waals surface area contributed by atoms with E-state index in [4.69, 9.17) is 4.74 Å². The number of fused-ring (bicyclic) bond motifs is 1. The maximum Gasteiger partial charge on any atom is 0.225 e. The molecular weight excluding hydrogens is 280 g/mol. The normalized spacial score (nSPS) is 32.4. The van der Waals surface area contributed by atoms with Crippen LogP contribution in [0.15, 0.2) is 0 Å². The first-order valence-corrected chi connectivity index (χ1v) is 8.59. The highest BCUT2D eigenvalue weighted by atomic mass is 16.5. The van der Waals surface area contributed by atoms with E-state index >= 15 is 0 Å². The van der Waals surface area contributed by atoms with Gasteiger partial charge in [0.25, 0.3) is 0 Å². The second-order valence-electron chi connectivity index (χ2n) is 7.41. The standard InChI is InChI=1S/C17H28N2O3/c1-13(20)19-10-15-9-18(16(21)14-5-3-4-6-14)8-7-17(15,11-19)12-22-2/h14-15H,3-12H2,1-2H3/t15-,17+/m1/s1. The van der Waals surface area contributed by atoms with E-state index in [9.17, 15) is 9.59 Å². The molecule has 1 aliphatic carbocycles. The SMILES string of the molecule is COC[C@@]12CCN(C(=O)C3CCCC3)C[C@@H]1CN(C(C)=O)C2. The number of nitrogens with zero attached hydrogens (tertiary/aromatic N) is 2. The lowest BCUT2D eigenvalue weighted by Gasteiger charge is -2.43. The number of ether oxygens (including phenoxy) is 1. The van der Waals surface area contributed by atoms with E-state index in [0.29, 0.717) is 18.4 Å². The Morgan fingerprint density at radius 1 is 1.18 bits per heavy atom. The summed E-state index contributed by atoms with van der Waals surface area (Å²) in [6.07, 6.45) is 5.46. The Labute approximate surface area is 133 Å². The fourth-order valence-corrected chi connectivity index (χ4v) is 4.68. The van der Waals surface area contributed by atoms with Gasteiger partial charge in [0.1, 0.15) is 0 Å². The van der Waals surface area contributed by atoms with Crippen LogP contribution in [0, 0.1) is 17.3 Å². The Bertz CT molecular complexity index is 447. The zero-order chi connectivity index (χ0) is 15.7. The molecule has 5 heteroatoms. The molecule has 0 aromatic carbocycles. The molecule has 124 valence electrons. The third-order valence-corrected chi connectivity index (χ3v) is 6.03. The third kappa shape index (κ3) is 2.75. The van der Waals surface area contributed by atoms with Gasteiger partial charge in [0, 0.05) is 57.5 Å². The van der Waals surface area contributed by atoms with E-state index in [0.717, 1.165) is 45.4 Å². The molecule has 3 aliphatic rings. The fraction of sp³-hybridized carbons (Fsp3) is 0.882. The van der Waals surface area contributed by atoms with Gasteiger partial charge in [-0.15, -0.1) is 0 Å². The number of methoxy groups -OCH3 is 1. The lowest BCUT2D eigenvalue weighted by Crippen LogP contribution is -2.52. The van der Waals surface area contributed by atoms with Gasteiger partial charge < -0.3 is 14.5 Å². The summed E-state index contributed by atoms with van der Waals surface area (Å²) >= 11 is 0. The molecule has 0 spiro atoms. The van der Waals surface area contributed by atoms with Crippen LogP contribution in [0.5, 0.6) is 0 Å². The number of carbonyl (C=O) groups is 2. The predicted octanol–water partition coefficient (Wildman–Crippen LogP) is 1.52. The van der Waals surface area contributed by atoms with Gasteiger partial charge in [-0.1, -0.05) is 12.8 Å². The summed E-state index contributed by atoms with van der Waals surface area (Å²) < 4.78 is 5.47. The molecule has 22 heavy (non-hydrogen) atoms. The number of likely N-dealkylation sites (tertiary alicyclic amines) is 2. The minimum absolute atomic E-state index is 0.0485. The number of amides is 2.